The summed E-state index contributed by atoms with van der Waals surface area (Å²) in [5.41, 5.74) is 1.36. The maximum atomic E-state index is 13.7. The Morgan fingerprint density at radius 2 is 2.17 bits per heavy atom. The van der Waals surface area contributed by atoms with E-state index in [2.05, 4.69) is 5.32 Å². The van der Waals surface area contributed by atoms with Crippen LogP contribution in [0.25, 0.3) is 0 Å². The average molecular weight is 252 g/mol. The number of halogens is 1. The predicted molar refractivity (Wildman–Crippen MR) is 70.1 cm³/mol. The van der Waals surface area contributed by atoms with Crippen LogP contribution in [0.3, 0.4) is 0 Å². The first-order valence-electron chi connectivity index (χ1n) is 6.47. The average Bonchev–Trinajstić information content (AvgIpc) is 2.34. The van der Waals surface area contributed by atoms with Crippen LogP contribution in [-0.4, -0.2) is 30.6 Å². The summed E-state index contributed by atoms with van der Waals surface area (Å²) in [4.78, 5) is 1.92. The van der Waals surface area contributed by atoms with E-state index in [4.69, 9.17) is 0 Å². The number of hydrogen-bond acceptors (Lipinski definition) is 3. The van der Waals surface area contributed by atoms with Crippen LogP contribution in [0.1, 0.15) is 36.4 Å². The molecule has 0 amide bonds. The van der Waals surface area contributed by atoms with Crippen LogP contribution < -0.4 is 5.32 Å². The van der Waals surface area contributed by atoms with Gasteiger partial charge in [-0.05, 0) is 45.6 Å². The number of benzene rings is 1. The highest BCUT2D eigenvalue weighted by molar-refractivity contribution is 5.43. The third-order valence-corrected chi connectivity index (χ3v) is 3.36. The molecule has 2 N–H and O–H groups in total. The lowest BCUT2D eigenvalue weighted by Crippen LogP contribution is -2.27. The van der Waals surface area contributed by atoms with Crippen LogP contribution in [0, 0.1) is 5.82 Å². The fourth-order valence-electron chi connectivity index (χ4n) is 2.52. The lowest BCUT2D eigenvalue weighted by molar-refractivity contribution is 0.366. The van der Waals surface area contributed by atoms with Crippen molar-refractivity contribution in [2.45, 2.75) is 31.8 Å². The van der Waals surface area contributed by atoms with Gasteiger partial charge in [0.25, 0.3) is 0 Å². The van der Waals surface area contributed by atoms with E-state index in [-0.39, 0.29) is 17.6 Å². The van der Waals surface area contributed by atoms with Crippen molar-refractivity contribution in [3.63, 3.8) is 0 Å². The van der Waals surface area contributed by atoms with Gasteiger partial charge in [-0.1, -0.05) is 6.42 Å². The molecule has 1 aromatic carbocycles. The van der Waals surface area contributed by atoms with Gasteiger partial charge in [0.05, 0.1) is 0 Å². The Bertz CT molecular complexity index is 415. The minimum atomic E-state index is -0.271. The molecule has 2 rings (SSSR count). The third-order valence-electron chi connectivity index (χ3n) is 3.36. The molecule has 0 saturated carbocycles. The van der Waals surface area contributed by atoms with Crippen LogP contribution in [0.4, 0.5) is 4.39 Å². The third kappa shape index (κ3) is 3.00. The molecule has 0 aromatic heterocycles. The molecule has 1 fully saturated rings. The van der Waals surface area contributed by atoms with Crippen LogP contribution in [0.5, 0.6) is 5.75 Å². The molecule has 0 radical (unpaired) electrons. The number of phenolic OH excluding ortho intramolecular Hbond substituents is 1. The minimum Gasteiger partial charge on any atom is -0.507 e. The van der Waals surface area contributed by atoms with Crippen LogP contribution in [0.15, 0.2) is 12.1 Å². The zero-order chi connectivity index (χ0) is 13.1. The molecule has 4 heteroatoms. The van der Waals surface area contributed by atoms with Crippen molar-refractivity contribution in [3.8, 4) is 5.75 Å². The van der Waals surface area contributed by atoms with Gasteiger partial charge in [0.15, 0.2) is 0 Å². The first kappa shape index (κ1) is 13.3. The summed E-state index contributed by atoms with van der Waals surface area (Å²) < 4.78 is 13.7. The quantitative estimate of drug-likeness (QED) is 0.867. The van der Waals surface area contributed by atoms with E-state index in [1.807, 2.05) is 19.0 Å². The molecule has 100 valence electrons. The molecule has 1 heterocycles. The predicted octanol–water partition coefficient (Wildman–Crippen LogP) is 2.41. The second-order valence-corrected chi connectivity index (χ2v) is 5.24. The van der Waals surface area contributed by atoms with E-state index in [9.17, 15) is 9.50 Å². The number of nitrogens with zero attached hydrogens (tertiary/aromatic N) is 1. The van der Waals surface area contributed by atoms with E-state index in [1.165, 1.54) is 12.1 Å². The van der Waals surface area contributed by atoms with Crippen molar-refractivity contribution in [1.29, 1.82) is 0 Å². The van der Waals surface area contributed by atoms with Gasteiger partial charge < -0.3 is 15.3 Å². The fraction of sp³-hybridized carbons (Fsp3) is 0.571. The SMILES string of the molecule is CN(C)Cc1cc(F)cc(C2CCCCN2)c1O. The zero-order valence-corrected chi connectivity index (χ0v) is 11.0. The van der Waals surface area contributed by atoms with E-state index >= 15 is 0 Å². The van der Waals surface area contributed by atoms with Crippen molar-refractivity contribution in [3.05, 3.63) is 29.1 Å². The van der Waals surface area contributed by atoms with Gasteiger partial charge in [-0.3, -0.25) is 0 Å². The Balaban J connectivity index is 2.31. The lowest BCUT2D eigenvalue weighted by atomic mass is 9.94. The van der Waals surface area contributed by atoms with E-state index in [1.54, 1.807) is 0 Å². The summed E-state index contributed by atoms with van der Waals surface area (Å²) in [5.74, 6) is -0.0310. The largest absolute Gasteiger partial charge is 0.507 e. The van der Waals surface area contributed by atoms with Crippen molar-refractivity contribution in [1.82, 2.24) is 10.2 Å². The highest BCUT2D eigenvalue weighted by atomic mass is 19.1. The second kappa shape index (κ2) is 5.67. The fourth-order valence-corrected chi connectivity index (χ4v) is 2.52. The Hall–Kier alpha value is -1.13. The minimum absolute atomic E-state index is 0.0790. The summed E-state index contributed by atoms with van der Waals surface area (Å²) in [7, 11) is 3.81. The maximum absolute atomic E-state index is 13.7. The number of hydrogen-bond donors (Lipinski definition) is 2. The number of piperidine rings is 1. The lowest BCUT2D eigenvalue weighted by Gasteiger charge is -2.25. The first-order valence-corrected chi connectivity index (χ1v) is 6.47. The highest BCUT2D eigenvalue weighted by Crippen LogP contribution is 2.33. The number of rotatable bonds is 3. The standard InChI is InChI=1S/C14H21FN2O/c1-17(2)9-10-7-11(15)8-12(14(10)18)13-5-3-4-6-16-13/h7-8,13,16,18H,3-6,9H2,1-2H3. The molecule has 1 saturated heterocycles. The van der Waals surface area contributed by atoms with Gasteiger partial charge in [-0.25, -0.2) is 4.39 Å². The van der Waals surface area contributed by atoms with Crippen molar-refractivity contribution >= 4 is 0 Å². The van der Waals surface area contributed by atoms with Crippen molar-refractivity contribution < 1.29 is 9.50 Å². The highest BCUT2D eigenvalue weighted by Gasteiger charge is 2.21. The molecule has 1 unspecified atom stereocenters. The van der Waals surface area contributed by atoms with Gasteiger partial charge >= 0.3 is 0 Å². The molecule has 1 aromatic rings. The van der Waals surface area contributed by atoms with Gasteiger partial charge in [-0.2, -0.15) is 0 Å². The Labute approximate surface area is 108 Å². The molecule has 18 heavy (non-hydrogen) atoms. The normalized spacial score (nSPS) is 20.3. The van der Waals surface area contributed by atoms with Gasteiger partial charge in [0, 0.05) is 23.7 Å². The Kier molecular flexibility index (Phi) is 4.19. The first-order chi connectivity index (χ1) is 8.58. The van der Waals surface area contributed by atoms with Crippen molar-refractivity contribution in [2.24, 2.45) is 0 Å². The maximum Gasteiger partial charge on any atom is 0.125 e. The molecular formula is C14H21FN2O. The Morgan fingerprint density at radius 1 is 1.39 bits per heavy atom. The smallest absolute Gasteiger partial charge is 0.125 e. The number of phenols is 1. The summed E-state index contributed by atoms with van der Waals surface area (Å²) in [5, 5.41) is 13.6. The van der Waals surface area contributed by atoms with E-state index in [0.717, 1.165) is 25.8 Å². The monoisotopic (exact) mass is 252 g/mol. The Morgan fingerprint density at radius 3 is 2.78 bits per heavy atom. The van der Waals surface area contributed by atoms with E-state index < -0.39 is 0 Å². The van der Waals surface area contributed by atoms with E-state index in [0.29, 0.717) is 17.7 Å². The summed E-state index contributed by atoms with van der Waals surface area (Å²) in [6, 6.07) is 2.95. The molecule has 1 aliphatic rings. The molecule has 1 aliphatic heterocycles. The summed E-state index contributed by atoms with van der Waals surface area (Å²) in [6.45, 7) is 1.48. The van der Waals surface area contributed by atoms with Gasteiger partial charge in [0.1, 0.15) is 11.6 Å². The summed E-state index contributed by atoms with van der Waals surface area (Å²) in [6.07, 6.45) is 3.23. The number of nitrogens with one attached hydrogen (secondary N) is 1. The van der Waals surface area contributed by atoms with Crippen molar-refractivity contribution in [2.75, 3.05) is 20.6 Å². The van der Waals surface area contributed by atoms with Gasteiger partial charge in [-0.15, -0.1) is 0 Å². The molecule has 1 atom stereocenters. The molecule has 0 aliphatic carbocycles. The van der Waals surface area contributed by atoms with Gasteiger partial charge in [0.2, 0.25) is 0 Å². The molecule has 0 spiro atoms. The number of aromatic hydroxyl groups is 1. The van der Waals surface area contributed by atoms with Crippen LogP contribution in [-0.2, 0) is 6.54 Å². The molecule has 3 nitrogen and oxygen atoms in total. The second-order valence-electron chi connectivity index (χ2n) is 5.24. The topological polar surface area (TPSA) is 35.5 Å². The summed E-state index contributed by atoms with van der Waals surface area (Å²) >= 11 is 0. The zero-order valence-electron chi connectivity index (χ0n) is 11.0. The van der Waals surface area contributed by atoms with Crippen LogP contribution >= 0.6 is 0 Å². The molecule has 0 bridgehead atoms. The molecular weight excluding hydrogens is 231 g/mol. The van der Waals surface area contributed by atoms with Crippen LogP contribution in [0.2, 0.25) is 0 Å².